The summed E-state index contributed by atoms with van der Waals surface area (Å²) in [5, 5.41) is 0. The van der Waals surface area contributed by atoms with Crippen molar-refractivity contribution in [3.63, 3.8) is 0 Å². The smallest absolute Gasteiger partial charge is 0.119 e. The molecule has 2 N–H and O–H groups in total. The molecule has 0 spiro atoms. The van der Waals surface area contributed by atoms with Crippen LogP contribution in [0.3, 0.4) is 0 Å². The first kappa shape index (κ1) is 15.1. The van der Waals surface area contributed by atoms with Gasteiger partial charge in [0.05, 0.1) is 7.11 Å². The second-order valence-corrected chi connectivity index (χ2v) is 5.23. The summed E-state index contributed by atoms with van der Waals surface area (Å²) >= 11 is 0. The van der Waals surface area contributed by atoms with Crippen LogP contribution in [0.4, 0.5) is 5.69 Å². The molecule has 3 aromatic carbocycles. The van der Waals surface area contributed by atoms with Crippen molar-refractivity contribution in [2.75, 3.05) is 12.5 Å². The molecule has 0 unspecified atom stereocenters. The van der Waals surface area contributed by atoms with E-state index in [1.54, 1.807) is 7.11 Å². The molecule has 0 aliphatic heterocycles. The van der Waals surface area contributed by atoms with Crippen LogP contribution in [0.25, 0.3) is 11.1 Å². The molecule has 0 saturated heterocycles. The number of hydrogen-bond donors (Lipinski definition) is 2. The van der Waals surface area contributed by atoms with Gasteiger partial charge in [-0.1, -0.05) is 54.6 Å². The number of para-hydroxylation sites is 1. The fourth-order valence-electron chi connectivity index (χ4n) is 2.51. The highest BCUT2D eigenvalue weighted by Crippen LogP contribution is 2.26. The first-order valence-corrected chi connectivity index (χ1v) is 7.63. The molecule has 3 nitrogen and oxygen atoms in total. The van der Waals surface area contributed by atoms with Crippen molar-refractivity contribution in [1.82, 2.24) is 5.43 Å². The third-order valence-corrected chi connectivity index (χ3v) is 3.68. The average molecular weight is 304 g/mol. The van der Waals surface area contributed by atoms with E-state index in [9.17, 15) is 0 Å². The van der Waals surface area contributed by atoms with Gasteiger partial charge in [-0.2, -0.15) is 0 Å². The zero-order valence-electron chi connectivity index (χ0n) is 13.1. The summed E-state index contributed by atoms with van der Waals surface area (Å²) in [6, 6.07) is 26.6. The Hall–Kier alpha value is -2.78. The van der Waals surface area contributed by atoms with E-state index in [4.69, 9.17) is 4.74 Å². The predicted octanol–water partition coefficient (Wildman–Crippen LogP) is 4.48. The Bertz CT molecular complexity index is 756. The molecule has 23 heavy (non-hydrogen) atoms. The molecule has 0 aliphatic carbocycles. The largest absolute Gasteiger partial charge is 0.497 e. The van der Waals surface area contributed by atoms with E-state index in [0.717, 1.165) is 23.5 Å². The van der Waals surface area contributed by atoms with Gasteiger partial charge in [-0.25, -0.2) is 5.43 Å². The van der Waals surface area contributed by atoms with E-state index in [2.05, 4.69) is 47.2 Å². The molecule has 3 aromatic rings. The zero-order chi connectivity index (χ0) is 15.9. The van der Waals surface area contributed by atoms with Crippen molar-refractivity contribution in [3.8, 4) is 16.9 Å². The first-order chi connectivity index (χ1) is 11.4. The maximum atomic E-state index is 5.33. The molecule has 0 radical (unpaired) electrons. The van der Waals surface area contributed by atoms with Crippen molar-refractivity contribution in [3.05, 3.63) is 84.4 Å². The van der Waals surface area contributed by atoms with Crippen LogP contribution in [0.1, 0.15) is 5.56 Å². The molecule has 0 heterocycles. The van der Waals surface area contributed by atoms with Crippen LogP contribution in [-0.2, 0) is 6.54 Å². The van der Waals surface area contributed by atoms with E-state index in [0.29, 0.717) is 0 Å². The van der Waals surface area contributed by atoms with Crippen molar-refractivity contribution in [2.45, 2.75) is 6.54 Å². The highest BCUT2D eigenvalue weighted by Gasteiger charge is 2.05. The number of methoxy groups -OCH3 is 1. The summed E-state index contributed by atoms with van der Waals surface area (Å²) < 4.78 is 5.33. The van der Waals surface area contributed by atoms with Gasteiger partial charge in [0.1, 0.15) is 5.75 Å². The fraction of sp³-hybridized carbons (Fsp3) is 0.100. The number of anilines is 1. The Morgan fingerprint density at radius 2 is 1.61 bits per heavy atom. The average Bonchev–Trinajstić information content (AvgIpc) is 2.63. The maximum Gasteiger partial charge on any atom is 0.119 e. The van der Waals surface area contributed by atoms with E-state index in [1.165, 1.54) is 11.1 Å². The van der Waals surface area contributed by atoms with Crippen molar-refractivity contribution in [1.29, 1.82) is 0 Å². The van der Waals surface area contributed by atoms with Gasteiger partial charge in [-0.05, 0) is 41.0 Å². The Balaban J connectivity index is 1.75. The highest BCUT2D eigenvalue weighted by atomic mass is 16.5. The molecule has 0 fully saturated rings. The number of rotatable bonds is 6. The summed E-state index contributed by atoms with van der Waals surface area (Å²) in [5.74, 6) is 0.868. The van der Waals surface area contributed by atoms with Crippen LogP contribution < -0.4 is 15.6 Å². The Morgan fingerprint density at radius 1 is 0.826 bits per heavy atom. The van der Waals surface area contributed by atoms with Gasteiger partial charge >= 0.3 is 0 Å². The number of hydrogen-bond acceptors (Lipinski definition) is 3. The van der Waals surface area contributed by atoms with Crippen LogP contribution in [0, 0.1) is 0 Å². The summed E-state index contributed by atoms with van der Waals surface area (Å²) in [4.78, 5) is 0. The molecule has 0 atom stereocenters. The van der Waals surface area contributed by atoms with Gasteiger partial charge < -0.3 is 10.2 Å². The SMILES string of the molecule is COc1cccc(-c2ccccc2CNNc2ccccc2)c1. The quantitative estimate of drug-likeness (QED) is 0.659. The second kappa shape index (κ2) is 7.47. The standard InChI is InChI=1S/C20H20N2O/c1-23-19-12-7-9-16(14-19)20-13-6-5-8-17(20)15-21-22-18-10-3-2-4-11-18/h2-14,21-22H,15H2,1H3. The minimum absolute atomic E-state index is 0.724. The van der Waals surface area contributed by atoms with Crippen LogP contribution in [0.2, 0.25) is 0 Å². The molecule has 0 aromatic heterocycles. The third-order valence-electron chi connectivity index (χ3n) is 3.68. The van der Waals surface area contributed by atoms with Gasteiger partial charge in [-0.3, -0.25) is 0 Å². The summed E-state index contributed by atoms with van der Waals surface area (Å²) in [6.07, 6.45) is 0. The molecule has 0 aliphatic rings. The molecule has 0 bridgehead atoms. The molecular formula is C20H20N2O. The van der Waals surface area contributed by atoms with Crippen LogP contribution in [0.5, 0.6) is 5.75 Å². The van der Waals surface area contributed by atoms with Crippen molar-refractivity contribution in [2.24, 2.45) is 0 Å². The zero-order valence-corrected chi connectivity index (χ0v) is 13.1. The molecule has 0 amide bonds. The Morgan fingerprint density at radius 3 is 2.43 bits per heavy atom. The van der Waals surface area contributed by atoms with Gasteiger partial charge in [-0.15, -0.1) is 0 Å². The maximum absolute atomic E-state index is 5.33. The summed E-state index contributed by atoms with van der Waals surface area (Å²) in [7, 11) is 1.69. The number of benzene rings is 3. The number of hydrazine groups is 1. The normalized spacial score (nSPS) is 10.3. The lowest BCUT2D eigenvalue weighted by Gasteiger charge is -2.13. The molecule has 3 rings (SSSR count). The number of nitrogens with one attached hydrogen (secondary N) is 2. The predicted molar refractivity (Wildman–Crippen MR) is 95.3 cm³/mol. The highest BCUT2D eigenvalue weighted by molar-refractivity contribution is 5.68. The fourth-order valence-corrected chi connectivity index (χ4v) is 2.51. The summed E-state index contributed by atoms with van der Waals surface area (Å²) in [5.41, 5.74) is 11.1. The molecule has 0 saturated carbocycles. The lowest BCUT2D eigenvalue weighted by atomic mass is 9.99. The van der Waals surface area contributed by atoms with Crippen molar-refractivity contribution >= 4 is 5.69 Å². The van der Waals surface area contributed by atoms with E-state index in [1.807, 2.05) is 42.5 Å². The second-order valence-electron chi connectivity index (χ2n) is 5.23. The Labute approximate surface area is 136 Å². The topological polar surface area (TPSA) is 33.3 Å². The van der Waals surface area contributed by atoms with Gasteiger partial charge in [0.15, 0.2) is 0 Å². The number of ether oxygens (including phenoxy) is 1. The summed E-state index contributed by atoms with van der Waals surface area (Å²) in [6.45, 7) is 0.724. The van der Waals surface area contributed by atoms with E-state index < -0.39 is 0 Å². The minimum Gasteiger partial charge on any atom is -0.497 e. The van der Waals surface area contributed by atoms with Crippen molar-refractivity contribution < 1.29 is 4.74 Å². The van der Waals surface area contributed by atoms with Crippen LogP contribution in [-0.4, -0.2) is 7.11 Å². The van der Waals surface area contributed by atoms with Gasteiger partial charge in [0.2, 0.25) is 0 Å². The first-order valence-electron chi connectivity index (χ1n) is 7.63. The minimum atomic E-state index is 0.724. The van der Waals surface area contributed by atoms with E-state index in [-0.39, 0.29) is 0 Å². The van der Waals surface area contributed by atoms with E-state index >= 15 is 0 Å². The molecule has 116 valence electrons. The van der Waals surface area contributed by atoms with Gasteiger partial charge in [0, 0.05) is 12.2 Å². The van der Waals surface area contributed by atoms with Gasteiger partial charge in [0.25, 0.3) is 0 Å². The molecule has 3 heteroatoms. The lowest BCUT2D eigenvalue weighted by molar-refractivity contribution is 0.415. The third kappa shape index (κ3) is 3.90. The lowest BCUT2D eigenvalue weighted by Crippen LogP contribution is -2.21. The van der Waals surface area contributed by atoms with Crippen LogP contribution in [0.15, 0.2) is 78.9 Å². The van der Waals surface area contributed by atoms with Crippen LogP contribution >= 0.6 is 0 Å². The monoisotopic (exact) mass is 304 g/mol. The molecular weight excluding hydrogens is 284 g/mol. The Kier molecular flexibility index (Phi) is 4.92.